The summed E-state index contributed by atoms with van der Waals surface area (Å²) in [5.41, 5.74) is 2.34. The van der Waals surface area contributed by atoms with Gasteiger partial charge in [0.15, 0.2) is 0 Å². The smallest absolute Gasteiger partial charge is 0.0617 e. The van der Waals surface area contributed by atoms with E-state index < -0.39 is 0 Å². The first-order chi connectivity index (χ1) is 5.27. The number of halogens is 1. The molecule has 0 unspecified atom stereocenters. The Labute approximate surface area is 70.8 Å². The van der Waals surface area contributed by atoms with Gasteiger partial charge >= 0.3 is 0 Å². The molecule has 1 N–H and O–H groups in total. The molecule has 3 heteroatoms. The number of allylic oxidation sites excluding steroid dienone is 2. The zero-order valence-electron chi connectivity index (χ0n) is 6.26. The molecule has 0 aromatic carbocycles. The molecule has 11 heavy (non-hydrogen) atoms. The van der Waals surface area contributed by atoms with Crippen molar-refractivity contribution in [3.8, 4) is 0 Å². The lowest BCUT2D eigenvalue weighted by Gasteiger charge is -2.21. The van der Waals surface area contributed by atoms with Gasteiger partial charge in [-0.05, 0) is 12.2 Å². The van der Waals surface area contributed by atoms with Gasteiger partial charge in [-0.2, -0.15) is 0 Å². The van der Waals surface area contributed by atoms with Crippen molar-refractivity contribution >= 4 is 11.6 Å². The molecule has 0 aromatic heterocycles. The third-order valence-electron chi connectivity index (χ3n) is 1.84. The number of hydrogen-bond donors (Lipinski definition) is 1. The van der Waals surface area contributed by atoms with E-state index in [-0.39, 0.29) is 0 Å². The van der Waals surface area contributed by atoms with Gasteiger partial charge in [0, 0.05) is 19.8 Å². The first-order valence-corrected chi connectivity index (χ1v) is 3.91. The molecule has 0 amide bonds. The fraction of sp³-hybridized carbons (Fsp3) is 0.250. The largest absolute Gasteiger partial charge is 0.380 e. The van der Waals surface area contributed by atoms with Crippen LogP contribution in [0.2, 0.25) is 0 Å². The van der Waals surface area contributed by atoms with Crippen LogP contribution in [0.15, 0.2) is 34.8 Å². The Hall–Kier alpha value is -0.890. The van der Waals surface area contributed by atoms with Crippen molar-refractivity contribution < 1.29 is 0 Å². The molecule has 0 bridgehead atoms. The van der Waals surface area contributed by atoms with Crippen molar-refractivity contribution in [3.63, 3.8) is 0 Å². The van der Waals surface area contributed by atoms with Gasteiger partial charge in [0.05, 0.1) is 16.4 Å². The van der Waals surface area contributed by atoms with E-state index in [0.717, 1.165) is 17.3 Å². The lowest BCUT2D eigenvalue weighted by molar-refractivity contribution is 0.570. The maximum Gasteiger partial charge on any atom is 0.0617 e. The summed E-state index contributed by atoms with van der Waals surface area (Å²) in [7, 11) is 1.99. The molecule has 0 radical (unpaired) electrons. The standard InChI is InChI=1S/C8H9ClN2/c1-11-5-6(9)4-7-8(11)2-3-10-7/h2,4-5,10H,3H2,1H3. The lowest BCUT2D eigenvalue weighted by Crippen LogP contribution is -2.18. The van der Waals surface area contributed by atoms with Gasteiger partial charge in [0.25, 0.3) is 0 Å². The third-order valence-corrected chi connectivity index (χ3v) is 2.05. The molecule has 0 aromatic rings. The van der Waals surface area contributed by atoms with Crippen LogP contribution in [-0.2, 0) is 0 Å². The van der Waals surface area contributed by atoms with Crippen LogP contribution in [0, 0.1) is 0 Å². The van der Waals surface area contributed by atoms with Gasteiger partial charge in [-0.1, -0.05) is 11.6 Å². The molecule has 2 nitrogen and oxygen atoms in total. The zero-order valence-corrected chi connectivity index (χ0v) is 7.02. The van der Waals surface area contributed by atoms with E-state index in [4.69, 9.17) is 11.6 Å². The first-order valence-electron chi connectivity index (χ1n) is 3.53. The molecular formula is C8H9ClN2. The highest BCUT2D eigenvalue weighted by Gasteiger charge is 2.17. The Balaban J connectivity index is 2.40. The highest BCUT2D eigenvalue weighted by molar-refractivity contribution is 6.31. The summed E-state index contributed by atoms with van der Waals surface area (Å²) in [5, 5.41) is 3.99. The Morgan fingerprint density at radius 1 is 1.64 bits per heavy atom. The van der Waals surface area contributed by atoms with Crippen molar-refractivity contribution in [1.29, 1.82) is 0 Å². The maximum atomic E-state index is 5.85. The average molecular weight is 169 g/mol. The summed E-state index contributed by atoms with van der Waals surface area (Å²) in [6.07, 6.45) is 6.00. The van der Waals surface area contributed by atoms with Crippen molar-refractivity contribution in [2.45, 2.75) is 0 Å². The predicted molar refractivity (Wildman–Crippen MR) is 45.9 cm³/mol. The van der Waals surface area contributed by atoms with E-state index in [1.165, 1.54) is 5.70 Å². The van der Waals surface area contributed by atoms with Crippen molar-refractivity contribution in [3.05, 3.63) is 34.8 Å². The Bertz CT molecular complexity index is 276. The van der Waals surface area contributed by atoms with Gasteiger partial charge in [-0.3, -0.25) is 0 Å². The summed E-state index contributed by atoms with van der Waals surface area (Å²) in [4.78, 5) is 2.03. The van der Waals surface area contributed by atoms with Crippen LogP contribution in [-0.4, -0.2) is 18.5 Å². The lowest BCUT2D eigenvalue weighted by atomic mass is 10.2. The molecule has 0 aliphatic carbocycles. The summed E-state index contributed by atoms with van der Waals surface area (Å²) in [6, 6.07) is 0. The van der Waals surface area contributed by atoms with Crippen LogP contribution in [0.1, 0.15) is 0 Å². The SMILES string of the molecule is CN1C=C(Cl)C=C2NCC=C21. The van der Waals surface area contributed by atoms with Crippen molar-refractivity contribution in [1.82, 2.24) is 10.2 Å². The van der Waals surface area contributed by atoms with Gasteiger partial charge in [0.2, 0.25) is 0 Å². The predicted octanol–water partition coefficient (Wildman–Crippen LogP) is 1.38. The number of hydrogen-bond acceptors (Lipinski definition) is 2. The van der Waals surface area contributed by atoms with Crippen LogP contribution in [0.5, 0.6) is 0 Å². The molecule has 0 fully saturated rings. The van der Waals surface area contributed by atoms with E-state index in [2.05, 4.69) is 11.4 Å². The van der Waals surface area contributed by atoms with E-state index in [1.54, 1.807) is 0 Å². The molecule has 0 saturated heterocycles. The second-order valence-corrected chi connectivity index (χ2v) is 3.09. The monoisotopic (exact) mass is 168 g/mol. The maximum absolute atomic E-state index is 5.85. The summed E-state index contributed by atoms with van der Waals surface area (Å²) in [5.74, 6) is 0. The van der Waals surface area contributed by atoms with Crippen LogP contribution < -0.4 is 5.32 Å². The zero-order chi connectivity index (χ0) is 7.84. The summed E-state index contributed by atoms with van der Waals surface area (Å²) >= 11 is 5.85. The second-order valence-electron chi connectivity index (χ2n) is 2.65. The number of fused-ring (bicyclic) bond motifs is 1. The fourth-order valence-corrected chi connectivity index (χ4v) is 1.60. The van der Waals surface area contributed by atoms with Gasteiger partial charge < -0.3 is 10.2 Å². The molecule has 0 atom stereocenters. The minimum Gasteiger partial charge on any atom is -0.380 e. The normalized spacial score (nSPS) is 21.6. The fourth-order valence-electron chi connectivity index (χ4n) is 1.35. The number of rotatable bonds is 0. The van der Waals surface area contributed by atoms with Crippen LogP contribution in [0.4, 0.5) is 0 Å². The highest BCUT2D eigenvalue weighted by Crippen LogP contribution is 2.24. The summed E-state index contributed by atoms with van der Waals surface area (Å²) in [6.45, 7) is 0.906. The van der Waals surface area contributed by atoms with Crippen LogP contribution in [0.25, 0.3) is 0 Å². The molecule has 2 heterocycles. The number of nitrogens with one attached hydrogen (secondary N) is 1. The minimum absolute atomic E-state index is 0.772. The highest BCUT2D eigenvalue weighted by atomic mass is 35.5. The molecule has 2 aliphatic heterocycles. The molecule has 2 aliphatic rings. The van der Waals surface area contributed by atoms with E-state index in [0.29, 0.717) is 0 Å². The average Bonchev–Trinajstić information content (AvgIpc) is 2.34. The van der Waals surface area contributed by atoms with Crippen molar-refractivity contribution in [2.75, 3.05) is 13.6 Å². The first kappa shape index (κ1) is 6.80. The quantitative estimate of drug-likeness (QED) is 0.588. The van der Waals surface area contributed by atoms with E-state index >= 15 is 0 Å². The van der Waals surface area contributed by atoms with Gasteiger partial charge in [0.1, 0.15) is 0 Å². The molecule has 2 rings (SSSR count). The molecule has 58 valence electrons. The van der Waals surface area contributed by atoms with E-state index in [9.17, 15) is 0 Å². The van der Waals surface area contributed by atoms with Gasteiger partial charge in [-0.25, -0.2) is 0 Å². The second kappa shape index (κ2) is 2.31. The van der Waals surface area contributed by atoms with Crippen molar-refractivity contribution in [2.24, 2.45) is 0 Å². The van der Waals surface area contributed by atoms with Crippen LogP contribution in [0.3, 0.4) is 0 Å². The number of nitrogens with zero attached hydrogens (tertiary/aromatic N) is 1. The Morgan fingerprint density at radius 2 is 2.45 bits per heavy atom. The Kier molecular flexibility index (Phi) is 1.43. The molecule has 0 spiro atoms. The topological polar surface area (TPSA) is 15.3 Å². The van der Waals surface area contributed by atoms with E-state index in [1.807, 2.05) is 24.2 Å². The third kappa shape index (κ3) is 1.03. The molecule has 0 saturated carbocycles. The summed E-state index contributed by atoms with van der Waals surface area (Å²) < 4.78 is 0. The molecular weight excluding hydrogens is 160 g/mol. The van der Waals surface area contributed by atoms with Crippen LogP contribution >= 0.6 is 11.6 Å². The Morgan fingerprint density at radius 3 is 3.27 bits per heavy atom. The minimum atomic E-state index is 0.772. The number of likely N-dealkylation sites (N-methyl/N-ethyl adjacent to an activating group) is 1. The van der Waals surface area contributed by atoms with Gasteiger partial charge in [-0.15, -0.1) is 0 Å².